The number of hydroxylamine groups is 2. The quantitative estimate of drug-likeness (QED) is 0.859. The molecular formula is C18H28N4O2. The van der Waals surface area contributed by atoms with Gasteiger partial charge in [-0.25, -0.2) is 9.97 Å². The van der Waals surface area contributed by atoms with Gasteiger partial charge < -0.3 is 5.32 Å². The zero-order chi connectivity index (χ0) is 16.8. The molecule has 24 heavy (non-hydrogen) atoms. The Morgan fingerprint density at radius 3 is 2.92 bits per heavy atom. The summed E-state index contributed by atoms with van der Waals surface area (Å²) in [5.74, 6) is 0.923. The number of carbonyl (C=O) groups excluding carboxylic acids is 1. The Morgan fingerprint density at radius 2 is 2.08 bits per heavy atom. The van der Waals surface area contributed by atoms with Crippen molar-refractivity contribution in [1.82, 2.24) is 20.3 Å². The summed E-state index contributed by atoms with van der Waals surface area (Å²) in [6, 6.07) is 0. The standard InChI is InChI=1S/C18H28N4O2/c1-14-15-6-2-3-7-16(15)21-17(20-14)8-10-19-18(23)9-12-22-11-4-5-13-24-22/h2-13H2,1H3,(H,19,23). The van der Waals surface area contributed by atoms with Crippen LogP contribution in [0, 0.1) is 6.92 Å². The Labute approximate surface area is 144 Å². The first-order chi connectivity index (χ1) is 11.7. The zero-order valence-corrected chi connectivity index (χ0v) is 14.6. The summed E-state index contributed by atoms with van der Waals surface area (Å²) in [7, 11) is 0. The minimum absolute atomic E-state index is 0.0684. The van der Waals surface area contributed by atoms with Crippen molar-refractivity contribution in [1.29, 1.82) is 0 Å². The number of aryl methyl sites for hydroxylation is 2. The molecule has 1 aliphatic carbocycles. The van der Waals surface area contributed by atoms with Gasteiger partial charge in [0.05, 0.1) is 6.61 Å². The maximum Gasteiger partial charge on any atom is 0.221 e. The first-order valence-electron chi connectivity index (χ1n) is 9.22. The molecule has 0 atom stereocenters. The Hall–Kier alpha value is -1.53. The van der Waals surface area contributed by atoms with Crippen molar-refractivity contribution < 1.29 is 9.63 Å². The van der Waals surface area contributed by atoms with Crippen molar-refractivity contribution in [3.05, 3.63) is 22.8 Å². The first kappa shape index (κ1) is 17.3. The van der Waals surface area contributed by atoms with Crippen LogP contribution in [0.25, 0.3) is 0 Å². The van der Waals surface area contributed by atoms with Gasteiger partial charge >= 0.3 is 0 Å². The summed E-state index contributed by atoms with van der Waals surface area (Å²) in [6.07, 6.45) is 8.07. The third-order valence-electron chi connectivity index (χ3n) is 4.77. The van der Waals surface area contributed by atoms with E-state index in [9.17, 15) is 4.79 Å². The number of hydrogen-bond acceptors (Lipinski definition) is 5. The lowest BCUT2D eigenvalue weighted by Crippen LogP contribution is -2.35. The van der Waals surface area contributed by atoms with Crippen LogP contribution in [-0.2, 0) is 28.9 Å². The predicted molar refractivity (Wildman–Crippen MR) is 91.5 cm³/mol. The summed E-state index contributed by atoms with van der Waals surface area (Å²) >= 11 is 0. The molecule has 1 fully saturated rings. The Morgan fingerprint density at radius 1 is 1.21 bits per heavy atom. The molecule has 3 rings (SSSR count). The molecule has 2 aliphatic rings. The van der Waals surface area contributed by atoms with Crippen LogP contribution in [0.15, 0.2) is 0 Å². The van der Waals surface area contributed by atoms with Gasteiger partial charge in [0.25, 0.3) is 0 Å². The number of nitrogens with zero attached hydrogens (tertiary/aromatic N) is 3. The van der Waals surface area contributed by atoms with Gasteiger partial charge in [0.1, 0.15) is 5.82 Å². The molecular weight excluding hydrogens is 304 g/mol. The van der Waals surface area contributed by atoms with E-state index in [0.29, 0.717) is 25.9 Å². The number of rotatable bonds is 6. The van der Waals surface area contributed by atoms with Crippen LogP contribution in [0.2, 0.25) is 0 Å². The van der Waals surface area contributed by atoms with Crippen LogP contribution >= 0.6 is 0 Å². The fourth-order valence-corrected chi connectivity index (χ4v) is 3.41. The monoisotopic (exact) mass is 332 g/mol. The average Bonchev–Trinajstić information content (AvgIpc) is 2.61. The van der Waals surface area contributed by atoms with Crippen LogP contribution in [0.5, 0.6) is 0 Å². The van der Waals surface area contributed by atoms with Crippen LogP contribution in [0.4, 0.5) is 0 Å². The van der Waals surface area contributed by atoms with Gasteiger partial charge in [-0.05, 0) is 51.0 Å². The summed E-state index contributed by atoms with van der Waals surface area (Å²) in [5.41, 5.74) is 3.68. The molecule has 1 amide bonds. The number of carbonyl (C=O) groups is 1. The molecule has 1 aliphatic heterocycles. The molecule has 1 saturated heterocycles. The molecule has 132 valence electrons. The third-order valence-corrected chi connectivity index (χ3v) is 4.77. The van der Waals surface area contributed by atoms with Crippen molar-refractivity contribution in [3.8, 4) is 0 Å². The summed E-state index contributed by atoms with van der Waals surface area (Å²) in [4.78, 5) is 26.8. The lowest BCUT2D eigenvalue weighted by molar-refractivity contribution is -0.181. The van der Waals surface area contributed by atoms with E-state index in [0.717, 1.165) is 50.4 Å². The maximum atomic E-state index is 11.9. The SMILES string of the molecule is Cc1nc(CCNC(=O)CCN2CCCCO2)nc2c1CCCC2. The van der Waals surface area contributed by atoms with Gasteiger partial charge in [-0.2, -0.15) is 5.06 Å². The maximum absolute atomic E-state index is 11.9. The molecule has 0 bridgehead atoms. The van der Waals surface area contributed by atoms with E-state index in [1.54, 1.807) is 0 Å². The molecule has 6 heteroatoms. The molecule has 1 aromatic rings. The smallest absolute Gasteiger partial charge is 0.221 e. The van der Waals surface area contributed by atoms with E-state index < -0.39 is 0 Å². The summed E-state index contributed by atoms with van der Waals surface area (Å²) in [6.45, 7) is 5.04. The fourth-order valence-electron chi connectivity index (χ4n) is 3.41. The number of fused-ring (bicyclic) bond motifs is 1. The van der Waals surface area contributed by atoms with Crippen molar-refractivity contribution in [2.24, 2.45) is 0 Å². The van der Waals surface area contributed by atoms with Crippen LogP contribution in [-0.4, -0.2) is 47.2 Å². The number of nitrogens with one attached hydrogen (secondary N) is 1. The van der Waals surface area contributed by atoms with E-state index in [-0.39, 0.29) is 5.91 Å². The Kier molecular flexibility index (Phi) is 6.15. The lowest BCUT2D eigenvalue weighted by Gasteiger charge is -2.25. The molecule has 0 saturated carbocycles. The number of aromatic nitrogens is 2. The molecule has 1 aromatic heterocycles. The van der Waals surface area contributed by atoms with E-state index in [4.69, 9.17) is 9.82 Å². The largest absolute Gasteiger partial charge is 0.356 e. The second-order valence-electron chi connectivity index (χ2n) is 6.68. The van der Waals surface area contributed by atoms with Crippen molar-refractivity contribution in [3.63, 3.8) is 0 Å². The highest BCUT2D eigenvalue weighted by Crippen LogP contribution is 2.21. The fraction of sp³-hybridized carbons (Fsp3) is 0.722. The molecule has 0 radical (unpaired) electrons. The number of amides is 1. The molecule has 1 N–H and O–H groups in total. The topological polar surface area (TPSA) is 67.4 Å². The molecule has 0 aromatic carbocycles. The zero-order valence-electron chi connectivity index (χ0n) is 14.6. The van der Waals surface area contributed by atoms with Gasteiger partial charge in [0.2, 0.25) is 5.91 Å². The first-order valence-corrected chi connectivity index (χ1v) is 9.22. The molecule has 2 heterocycles. The molecule has 0 spiro atoms. The summed E-state index contributed by atoms with van der Waals surface area (Å²) in [5, 5.41) is 4.87. The van der Waals surface area contributed by atoms with E-state index in [1.165, 1.54) is 24.1 Å². The van der Waals surface area contributed by atoms with Crippen LogP contribution in [0.3, 0.4) is 0 Å². The Balaban J connectivity index is 1.41. The predicted octanol–water partition coefficient (Wildman–Crippen LogP) is 1.74. The van der Waals surface area contributed by atoms with Crippen molar-refractivity contribution >= 4 is 5.91 Å². The normalized spacial score (nSPS) is 18.2. The van der Waals surface area contributed by atoms with Crippen LogP contribution in [0.1, 0.15) is 54.9 Å². The minimum atomic E-state index is 0.0684. The van der Waals surface area contributed by atoms with Gasteiger partial charge in [-0.3, -0.25) is 9.63 Å². The Bertz CT molecular complexity index is 570. The van der Waals surface area contributed by atoms with Gasteiger partial charge in [-0.15, -0.1) is 0 Å². The van der Waals surface area contributed by atoms with Gasteiger partial charge in [0.15, 0.2) is 0 Å². The van der Waals surface area contributed by atoms with Crippen LogP contribution < -0.4 is 5.32 Å². The third kappa shape index (κ3) is 4.74. The minimum Gasteiger partial charge on any atom is -0.356 e. The van der Waals surface area contributed by atoms with E-state index in [1.807, 2.05) is 5.06 Å². The molecule has 0 unspecified atom stereocenters. The highest BCUT2D eigenvalue weighted by Gasteiger charge is 2.16. The van der Waals surface area contributed by atoms with E-state index in [2.05, 4.69) is 17.2 Å². The highest BCUT2D eigenvalue weighted by molar-refractivity contribution is 5.76. The van der Waals surface area contributed by atoms with E-state index >= 15 is 0 Å². The second-order valence-corrected chi connectivity index (χ2v) is 6.68. The second kappa shape index (κ2) is 8.53. The number of hydrogen-bond donors (Lipinski definition) is 1. The van der Waals surface area contributed by atoms with Crippen molar-refractivity contribution in [2.75, 3.05) is 26.2 Å². The summed E-state index contributed by atoms with van der Waals surface area (Å²) < 4.78 is 0. The average molecular weight is 332 g/mol. The highest BCUT2D eigenvalue weighted by atomic mass is 16.7. The van der Waals surface area contributed by atoms with Gasteiger partial charge in [0, 0.05) is 43.9 Å². The van der Waals surface area contributed by atoms with Crippen molar-refractivity contribution in [2.45, 2.75) is 58.3 Å². The lowest BCUT2D eigenvalue weighted by atomic mass is 9.95. The van der Waals surface area contributed by atoms with Gasteiger partial charge in [-0.1, -0.05) is 0 Å². The molecule has 6 nitrogen and oxygen atoms in total.